The van der Waals surface area contributed by atoms with Crippen LogP contribution in [0.2, 0.25) is 0 Å². The van der Waals surface area contributed by atoms with E-state index in [1.807, 2.05) is 11.3 Å². The van der Waals surface area contributed by atoms with Crippen molar-refractivity contribution in [1.29, 1.82) is 0 Å². The van der Waals surface area contributed by atoms with Crippen LogP contribution in [-0.2, 0) is 6.42 Å². The topological polar surface area (TPSA) is 24.1 Å². The standard InChI is InChI=1S/C13H22N2S2/c1-4-5-8-14-13(16)15-10(2)9-12-7-6-11(3)17-12/h6-7,10H,4-5,8-9H2,1-3H3,(H2,14,15,16). The molecule has 1 aromatic rings. The van der Waals surface area contributed by atoms with Crippen molar-refractivity contribution < 1.29 is 0 Å². The zero-order valence-corrected chi connectivity index (χ0v) is 12.5. The third-order valence-electron chi connectivity index (χ3n) is 2.50. The third-order valence-corrected chi connectivity index (χ3v) is 3.78. The molecule has 0 aromatic carbocycles. The van der Waals surface area contributed by atoms with E-state index in [0.29, 0.717) is 6.04 Å². The van der Waals surface area contributed by atoms with Gasteiger partial charge in [-0.05, 0) is 44.6 Å². The first kappa shape index (κ1) is 14.5. The Kier molecular flexibility index (Phi) is 6.52. The van der Waals surface area contributed by atoms with E-state index >= 15 is 0 Å². The minimum Gasteiger partial charge on any atom is -0.363 e. The molecule has 0 fully saturated rings. The predicted octanol–water partition coefficient (Wildman–Crippen LogP) is 3.25. The largest absolute Gasteiger partial charge is 0.363 e. The number of nitrogens with one attached hydrogen (secondary N) is 2. The first-order valence-corrected chi connectivity index (χ1v) is 7.44. The Hall–Kier alpha value is -0.610. The van der Waals surface area contributed by atoms with Crippen LogP contribution < -0.4 is 10.6 Å². The summed E-state index contributed by atoms with van der Waals surface area (Å²) < 4.78 is 0. The van der Waals surface area contributed by atoms with Gasteiger partial charge in [0.15, 0.2) is 5.11 Å². The van der Waals surface area contributed by atoms with E-state index in [4.69, 9.17) is 12.2 Å². The summed E-state index contributed by atoms with van der Waals surface area (Å²) in [7, 11) is 0. The van der Waals surface area contributed by atoms with E-state index in [1.54, 1.807) is 0 Å². The highest BCUT2D eigenvalue weighted by Gasteiger charge is 2.06. The lowest BCUT2D eigenvalue weighted by Gasteiger charge is -2.16. The van der Waals surface area contributed by atoms with Crippen LogP contribution in [0.1, 0.15) is 36.4 Å². The molecular weight excluding hydrogens is 248 g/mol. The highest BCUT2D eigenvalue weighted by Crippen LogP contribution is 2.16. The van der Waals surface area contributed by atoms with Crippen LogP contribution in [0.15, 0.2) is 12.1 Å². The Morgan fingerprint density at radius 1 is 1.47 bits per heavy atom. The van der Waals surface area contributed by atoms with Crippen molar-refractivity contribution in [2.24, 2.45) is 0 Å². The quantitative estimate of drug-likeness (QED) is 0.613. The van der Waals surface area contributed by atoms with Crippen LogP contribution in [0.25, 0.3) is 0 Å². The van der Waals surface area contributed by atoms with Gasteiger partial charge in [0.2, 0.25) is 0 Å². The molecule has 0 amide bonds. The van der Waals surface area contributed by atoms with Crippen LogP contribution in [-0.4, -0.2) is 17.7 Å². The maximum atomic E-state index is 5.25. The minimum atomic E-state index is 0.384. The Morgan fingerprint density at radius 3 is 2.82 bits per heavy atom. The summed E-state index contributed by atoms with van der Waals surface area (Å²) in [4.78, 5) is 2.79. The number of hydrogen-bond acceptors (Lipinski definition) is 2. The SMILES string of the molecule is CCCCNC(=S)NC(C)Cc1ccc(C)s1. The molecule has 0 bridgehead atoms. The molecule has 0 aliphatic heterocycles. The molecule has 1 unspecified atom stereocenters. The lowest BCUT2D eigenvalue weighted by Crippen LogP contribution is -2.41. The summed E-state index contributed by atoms with van der Waals surface area (Å²) >= 11 is 7.11. The van der Waals surface area contributed by atoms with Gasteiger partial charge in [-0.2, -0.15) is 0 Å². The molecule has 0 spiro atoms. The summed E-state index contributed by atoms with van der Waals surface area (Å²) in [5.74, 6) is 0. The molecule has 0 radical (unpaired) electrons. The number of thiophene rings is 1. The van der Waals surface area contributed by atoms with Crippen molar-refractivity contribution in [3.05, 3.63) is 21.9 Å². The van der Waals surface area contributed by atoms with Crippen LogP contribution in [0.5, 0.6) is 0 Å². The molecule has 0 aliphatic rings. The first-order chi connectivity index (χ1) is 8.11. The minimum absolute atomic E-state index is 0.384. The van der Waals surface area contributed by atoms with Gasteiger partial charge in [-0.25, -0.2) is 0 Å². The van der Waals surface area contributed by atoms with E-state index in [2.05, 4.69) is 43.5 Å². The summed E-state index contributed by atoms with van der Waals surface area (Å²) in [6, 6.07) is 4.76. The van der Waals surface area contributed by atoms with Crippen LogP contribution in [0, 0.1) is 6.92 Å². The van der Waals surface area contributed by atoms with Gasteiger partial charge in [0, 0.05) is 28.8 Å². The van der Waals surface area contributed by atoms with Gasteiger partial charge in [0.25, 0.3) is 0 Å². The Bertz CT molecular complexity index is 347. The summed E-state index contributed by atoms with van der Waals surface area (Å²) in [5, 5.41) is 7.33. The Balaban J connectivity index is 2.24. The molecule has 0 aliphatic carbocycles. The number of thiocarbonyl (C=S) groups is 1. The zero-order chi connectivity index (χ0) is 12.7. The average Bonchev–Trinajstić information content (AvgIpc) is 2.64. The molecule has 0 saturated heterocycles. The number of hydrogen-bond donors (Lipinski definition) is 2. The summed E-state index contributed by atoms with van der Waals surface area (Å²) in [5.41, 5.74) is 0. The fourth-order valence-electron chi connectivity index (χ4n) is 1.60. The van der Waals surface area contributed by atoms with Gasteiger partial charge in [0.1, 0.15) is 0 Å². The lowest BCUT2D eigenvalue weighted by molar-refractivity contribution is 0.647. The molecule has 1 rings (SSSR count). The van der Waals surface area contributed by atoms with Gasteiger partial charge in [-0.3, -0.25) is 0 Å². The van der Waals surface area contributed by atoms with Crippen molar-refractivity contribution >= 4 is 28.7 Å². The highest BCUT2D eigenvalue weighted by atomic mass is 32.1. The van der Waals surface area contributed by atoms with Crippen LogP contribution in [0.3, 0.4) is 0 Å². The normalized spacial score (nSPS) is 12.2. The monoisotopic (exact) mass is 270 g/mol. The summed E-state index contributed by atoms with van der Waals surface area (Å²) in [6.07, 6.45) is 3.40. The first-order valence-electron chi connectivity index (χ1n) is 6.21. The Morgan fingerprint density at radius 2 is 2.24 bits per heavy atom. The second kappa shape index (κ2) is 7.67. The fraction of sp³-hybridized carbons (Fsp3) is 0.615. The molecule has 2 N–H and O–H groups in total. The molecule has 0 saturated carbocycles. The molecular formula is C13H22N2S2. The molecule has 2 nitrogen and oxygen atoms in total. The van der Waals surface area contributed by atoms with Crippen molar-refractivity contribution in [3.8, 4) is 0 Å². The van der Waals surface area contributed by atoms with Crippen LogP contribution >= 0.6 is 23.6 Å². The van der Waals surface area contributed by atoms with Crippen molar-refractivity contribution in [2.75, 3.05) is 6.54 Å². The molecule has 17 heavy (non-hydrogen) atoms. The van der Waals surface area contributed by atoms with Crippen molar-refractivity contribution in [2.45, 2.75) is 46.1 Å². The van der Waals surface area contributed by atoms with E-state index in [-0.39, 0.29) is 0 Å². The lowest BCUT2D eigenvalue weighted by atomic mass is 10.2. The van der Waals surface area contributed by atoms with Gasteiger partial charge in [-0.1, -0.05) is 13.3 Å². The molecule has 1 heterocycles. The van der Waals surface area contributed by atoms with Gasteiger partial charge >= 0.3 is 0 Å². The van der Waals surface area contributed by atoms with Crippen molar-refractivity contribution in [3.63, 3.8) is 0 Å². The van der Waals surface area contributed by atoms with E-state index in [0.717, 1.165) is 18.1 Å². The fourth-order valence-corrected chi connectivity index (χ4v) is 2.92. The predicted molar refractivity (Wildman–Crippen MR) is 80.9 cm³/mol. The van der Waals surface area contributed by atoms with E-state index in [1.165, 1.54) is 22.6 Å². The Labute approximate surface area is 114 Å². The second-order valence-corrected chi connectivity index (χ2v) is 6.15. The van der Waals surface area contributed by atoms with E-state index < -0.39 is 0 Å². The maximum Gasteiger partial charge on any atom is 0.166 e. The van der Waals surface area contributed by atoms with Crippen LogP contribution in [0.4, 0.5) is 0 Å². The maximum absolute atomic E-state index is 5.25. The van der Waals surface area contributed by atoms with Crippen molar-refractivity contribution in [1.82, 2.24) is 10.6 Å². The summed E-state index contributed by atoms with van der Waals surface area (Å²) in [6.45, 7) is 7.46. The molecule has 4 heteroatoms. The van der Waals surface area contributed by atoms with Gasteiger partial charge in [-0.15, -0.1) is 11.3 Å². The highest BCUT2D eigenvalue weighted by molar-refractivity contribution is 7.80. The molecule has 1 aromatic heterocycles. The molecule has 1 atom stereocenters. The number of rotatable bonds is 6. The smallest absolute Gasteiger partial charge is 0.166 e. The number of unbranched alkanes of at least 4 members (excludes halogenated alkanes) is 1. The van der Waals surface area contributed by atoms with E-state index in [9.17, 15) is 0 Å². The molecule has 96 valence electrons. The number of aryl methyl sites for hydroxylation is 1. The van der Waals surface area contributed by atoms with Gasteiger partial charge < -0.3 is 10.6 Å². The zero-order valence-electron chi connectivity index (χ0n) is 10.9. The van der Waals surface area contributed by atoms with Gasteiger partial charge in [0.05, 0.1) is 0 Å². The second-order valence-electron chi connectivity index (χ2n) is 4.37. The average molecular weight is 270 g/mol. The third kappa shape index (κ3) is 6.03.